The van der Waals surface area contributed by atoms with Crippen molar-refractivity contribution in [2.24, 2.45) is 0 Å². The van der Waals surface area contributed by atoms with Crippen molar-refractivity contribution in [3.63, 3.8) is 0 Å². The lowest BCUT2D eigenvalue weighted by Crippen LogP contribution is -2.38. The summed E-state index contributed by atoms with van der Waals surface area (Å²) in [7, 11) is 0. The van der Waals surface area contributed by atoms with Gasteiger partial charge in [-0.3, -0.25) is 0 Å². The van der Waals surface area contributed by atoms with Crippen LogP contribution in [0.25, 0.3) is 0 Å². The van der Waals surface area contributed by atoms with Crippen LogP contribution in [-0.2, 0) is 9.59 Å². The SMILES string of the molecule is Cc1ccc(C)c(OCC(O)CNC2CCCCCCC2)c1C.O=C(O)C(=O)O. The van der Waals surface area contributed by atoms with E-state index in [9.17, 15) is 5.11 Å². The number of nitrogens with one attached hydrogen (secondary N) is 1. The number of aliphatic hydroxyl groups excluding tert-OH is 1. The number of carboxylic acids is 2. The molecule has 1 aliphatic rings. The Balaban J connectivity index is 0.000000612. The molecule has 1 unspecified atom stereocenters. The third kappa shape index (κ3) is 9.76. The van der Waals surface area contributed by atoms with E-state index < -0.39 is 18.0 Å². The normalized spacial score (nSPS) is 16.0. The first-order valence-electron chi connectivity index (χ1n) is 10.3. The Kier molecular flexibility index (Phi) is 11.3. The summed E-state index contributed by atoms with van der Waals surface area (Å²) in [6.07, 6.45) is 8.74. The van der Waals surface area contributed by atoms with Crippen LogP contribution in [0.2, 0.25) is 0 Å². The molecular weight excluding hydrogens is 374 g/mol. The molecule has 0 amide bonds. The fraction of sp³-hybridized carbons (Fsp3) is 0.636. The van der Waals surface area contributed by atoms with E-state index in [-0.39, 0.29) is 0 Å². The van der Waals surface area contributed by atoms with Crippen molar-refractivity contribution in [1.29, 1.82) is 0 Å². The highest BCUT2D eigenvalue weighted by Crippen LogP contribution is 2.25. The minimum atomic E-state index is -1.82. The maximum atomic E-state index is 10.2. The number of hydrogen-bond acceptors (Lipinski definition) is 5. The van der Waals surface area contributed by atoms with Gasteiger partial charge in [0.25, 0.3) is 0 Å². The van der Waals surface area contributed by atoms with Crippen LogP contribution in [0.15, 0.2) is 12.1 Å². The van der Waals surface area contributed by atoms with Gasteiger partial charge in [0.1, 0.15) is 18.5 Å². The minimum Gasteiger partial charge on any atom is -0.490 e. The van der Waals surface area contributed by atoms with Crippen LogP contribution in [0.5, 0.6) is 5.75 Å². The average molecular weight is 410 g/mol. The number of aryl methyl sites for hydroxylation is 2. The summed E-state index contributed by atoms with van der Waals surface area (Å²) in [4.78, 5) is 18.2. The highest BCUT2D eigenvalue weighted by atomic mass is 16.5. The van der Waals surface area contributed by atoms with Gasteiger partial charge in [0.2, 0.25) is 0 Å². The number of hydrogen-bond donors (Lipinski definition) is 4. The summed E-state index contributed by atoms with van der Waals surface area (Å²) in [6.45, 7) is 7.20. The molecule has 0 radical (unpaired) electrons. The van der Waals surface area contributed by atoms with Crippen molar-refractivity contribution in [2.75, 3.05) is 13.2 Å². The number of benzene rings is 1. The van der Waals surface area contributed by atoms with Gasteiger partial charge in [0.15, 0.2) is 0 Å². The molecule has 0 aromatic heterocycles. The predicted octanol–water partition coefficient (Wildman–Crippen LogP) is 3.21. The molecule has 0 heterocycles. The van der Waals surface area contributed by atoms with Gasteiger partial charge in [0.05, 0.1) is 0 Å². The molecule has 1 aromatic carbocycles. The van der Waals surface area contributed by atoms with Crippen LogP contribution in [0.4, 0.5) is 0 Å². The van der Waals surface area contributed by atoms with Crippen molar-refractivity contribution in [1.82, 2.24) is 5.32 Å². The van der Waals surface area contributed by atoms with E-state index in [1.807, 2.05) is 0 Å². The molecule has 7 nitrogen and oxygen atoms in total. The molecule has 0 saturated heterocycles. The summed E-state index contributed by atoms with van der Waals surface area (Å²) in [5.74, 6) is -2.72. The van der Waals surface area contributed by atoms with Crippen LogP contribution in [0, 0.1) is 20.8 Å². The molecule has 1 aromatic rings. The van der Waals surface area contributed by atoms with E-state index in [1.165, 1.54) is 56.1 Å². The lowest BCUT2D eigenvalue weighted by Gasteiger charge is -2.23. The average Bonchev–Trinajstić information content (AvgIpc) is 2.64. The summed E-state index contributed by atoms with van der Waals surface area (Å²) in [5.41, 5.74) is 3.53. The molecule has 2 rings (SSSR count). The summed E-state index contributed by atoms with van der Waals surface area (Å²) in [5, 5.41) is 28.5. The molecular formula is C22H35NO6. The highest BCUT2D eigenvalue weighted by molar-refractivity contribution is 6.27. The second-order valence-electron chi connectivity index (χ2n) is 7.68. The van der Waals surface area contributed by atoms with Gasteiger partial charge in [-0.25, -0.2) is 9.59 Å². The third-order valence-electron chi connectivity index (χ3n) is 5.22. The molecule has 7 heteroatoms. The Morgan fingerprint density at radius 3 is 2.07 bits per heavy atom. The highest BCUT2D eigenvalue weighted by Gasteiger charge is 2.14. The van der Waals surface area contributed by atoms with Gasteiger partial charge in [0, 0.05) is 12.6 Å². The number of aliphatic carboxylic acids is 2. The zero-order chi connectivity index (χ0) is 21.8. The van der Waals surface area contributed by atoms with Gasteiger partial charge in [-0.05, 0) is 50.3 Å². The third-order valence-corrected chi connectivity index (χ3v) is 5.22. The Morgan fingerprint density at radius 2 is 1.52 bits per heavy atom. The Morgan fingerprint density at radius 1 is 1.00 bits per heavy atom. The topological polar surface area (TPSA) is 116 Å². The van der Waals surface area contributed by atoms with Crippen molar-refractivity contribution in [3.05, 3.63) is 28.8 Å². The zero-order valence-corrected chi connectivity index (χ0v) is 17.7. The van der Waals surface area contributed by atoms with Gasteiger partial charge < -0.3 is 25.4 Å². The molecule has 4 N–H and O–H groups in total. The van der Waals surface area contributed by atoms with E-state index in [2.05, 4.69) is 38.2 Å². The molecule has 1 atom stereocenters. The van der Waals surface area contributed by atoms with Crippen LogP contribution in [0.1, 0.15) is 61.6 Å². The Hall–Kier alpha value is -2.12. The summed E-state index contributed by atoms with van der Waals surface area (Å²) >= 11 is 0. The predicted molar refractivity (Wildman–Crippen MR) is 112 cm³/mol. The fourth-order valence-corrected chi connectivity index (χ4v) is 3.35. The molecule has 1 saturated carbocycles. The zero-order valence-electron chi connectivity index (χ0n) is 17.7. The molecule has 29 heavy (non-hydrogen) atoms. The monoisotopic (exact) mass is 409 g/mol. The first kappa shape index (κ1) is 24.9. The van der Waals surface area contributed by atoms with Crippen molar-refractivity contribution < 1.29 is 29.6 Å². The van der Waals surface area contributed by atoms with Gasteiger partial charge in [-0.1, -0.05) is 44.2 Å². The number of ether oxygens (including phenoxy) is 1. The Labute approximate surface area is 173 Å². The van der Waals surface area contributed by atoms with E-state index in [4.69, 9.17) is 24.5 Å². The Bertz CT molecular complexity index is 641. The molecule has 0 aliphatic heterocycles. The van der Waals surface area contributed by atoms with Crippen LogP contribution in [-0.4, -0.2) is 52.6 Å². The van der Waals surface area contributed by atoms with E-state index in [1.54, 1.807) is 0 Å². The van der Waals surface area contributed by atoms with Crippen molar-refractivity contribution in [3.8, 4) is 5.75 Å². The number of carboxylic acid groups (broad SMARTS) is 2. The second-order valence-corrected chi connectivity index (χ2v) is 7.68. The van der Waals surface area contributed by atoms with Crippen LogP contribution >= 0.6 is 0 Å². The van der Waals surface area contributed by atoms with Crippen LogP contribution in [0.3, 0.4) is 0 Å². The number of carbonyl (C=O) groups is 2. The second kappa shape index (κ2) is 13.2. The molecule has 164 valence electrons. The minimum absolute atomic E-state index is 0.352. The smallest absolute Gasteiger partial charge is 0.414 e. The first-order chi connectivity index (χ1) is 13.7. The van der Waals surface area contributed by atoms with Gasteiger partial charge in [-0.2, -0.15) is 0 Å². The largest absolute Gasteiger partial charge is 0.490 e. The molecule has 0 bridgehead atoms. The van der Waals surface area contributed by atoms with Gasteiger partial charge in [-0.15, -0.1) is 0 Å². The number of rotatable bonds is 6. The van der Waals surface area contributed by atoms with Crippen molar-refractivity contribution >= 4 is 11.9 Å². The van der Waals surface area contributed by atoms with Crippen LogP contribution < -0.4 is 10.1 Å². The first-order valence-corrected chi connectivity index (χ1v) is 10.3. The number of aliphatic hydroxyl groups is 1. The lowest BCUT2D eigenvalue weighted by molar-refractivity contribution is -0.159. The van der Waals surface area contributed by atoms with E-state index in [0.717, 1.165) is 11.3 Å². The summed E-state index contributed by atoms with van der Waals surface area (Å²) < 4.78 is 5.90. The maximum Gasteiger partial charge on any atom is 0.414 e. The molecule has 1 aliphatic carbocycles. The van der Waals surface area contributed by atoms with Crippen molar-refractivity contribution in [2.45, 2.75) is 77.9 Å². The van der Waals surface area contributed by atoms with E-state index in [0.29, 0.717) is 19.2 Å². The standard InChI is InChI=1S/C20H33NO2.C2H2O4/c1-15-11-12-16(2)20(17(15)3)23-14-19(22)13-21-18-9-7-5-4-6-8-10-18;3-1(4)2(5)6/h11-12,18-19,21-22H,4-10,13-14H2,1-3H3;(H,3,4)(H,5,6). The molecule has 1 fully saturated rings. The van der Waals surface area contributed by atoms with E-state index >= 15 is 0 Å². The summed E-state index contributed by atoms with van der Waals surface area (Å²) in [6, 6.07) is 4.76. The quantitative estimate of drug-likeness (QED) is 0.533. The molecule has 0 spiro atoms. The lowest BCUT2D eigenvalue weighted by atomic mass is 9.96. The van der Waals surface area contributed by atoms with Gasteiger partial charge >= 0.3 is 11.9 Å². The fourth-order valence-electron chi connectivity index (χ4n) is 3.35. The maximum absolute atomic E-state index is 10.2.